The van der Waals surface area contributed by atoms with Gasteiger partial charge in [-0.3, -0.25) is 4.79 Å². The van der Waals surface area contributed by atoms with Gasteiger partial charge in [0.25, 0.3) is 0 Å². The number of halogens is 1. The SMILES string of the molecule is CC(=O)c1ccccc1OCCSc1ccc(Cl)cc1. The van der Waals surface area contributed by atoms with Gasteiger partial charge in [-0.1, -0.05) is 23.7 Å². The molecule has 0 aliphatic carbocycles. The van der Waals surface area contributed by atoms with E-state index in [1.165, 1.54) is 0 Å². The number of thioether (sulfide) groups is 1. The Bertz CT molecular complexity index is 581. The molecule has 0 radical (unpaired) electrons. The van der Waals surface area contributed by atoms with E-state index in [1.807, 2.05) is 42.5 Å². The molecule has 4 heteroatoms. The molecule has 0 aliphatic rings. The molecule has 0 bridgehead atoms. The zero-order chi connectivity index (χ0) is 14.4. The molecule has 104 valence electrons. The van der Waals surface area contributed by atoms with Crippen LogP contribution < -0.4 is 4.74 Å². The third-order valence-corrected chi connectivity index (χ3v) is 3.92. The van der Waals surface area contributed by atoms with E-state index < -0.39 is 0 Å². The van der Waals surface area contributed by atoms with Crippen LogP contribution >= 0.6 is 23.4 Å². The summed E-state index contributed by atoms with van der Waals surface area (Å²) in [4.78, 5) is 12.6. The predicted octanol–water partition coefficient (Wildman–Crippen LogP) is 4.71. The topological polar surface area (TPSA) is 26.3 Å². The minimum absolute atomic E-state index is 0.0194. The van der Waals surface area contributed by atoms with Crippen LogP contribution in [0.5, 0.6) is 5.75 Å². The van der Waals surface area contributed by atoms with Crippen molar-refractivity contribution in [3.05, 3.63) is 59.1 Å². The van der Waals surface area contributed by atoms with Gasteiger partial charge < -0.3 is 4.74 Å². The first-order valence-electron chi connectivity index (χ1n) is 6.28. The lowest BCUT2D eigenvalue weighted by Crippen LogP contribution is -2.04. The Hall–Kier alpha value is -1.45. The molecular formula is C16H15ClO2S. The number of rotatable bonds is 6. The van der Waals surface area contributed by atoms with Crippen molar-refractivity contribution < 1.29 is 9.53 Å². The van der Waals surface area contributed by atoms with Gasteiger partial charge in [-0.05, 0) is 43.3 Å². The second-order valence-corrected chi connectivity index (χ2v) is 5.81. The van der Waals surface area contributed by atoms with E-state index in [0.717, 1.165) is 15.7 Å². The summed E-state index contributed by atoms with van der Waals surface area (Å²) in [5.41, 5.74) is 0.629. The lowest BCUT2D eigenvalue weighted by molar-refractivity contribution is 0.101. The van der Waals surface area contributed by atoms with Gasteiger partial charge in [-0.2, -0.15) is 0 Å². The quantitative estimate of drug-likeness (QED) is 0.439. The highest BCUT2D eigenvalue weighted by Gasteiger charge is 2.06. The lowest BCUT2D eigenvalue weighted by Gasteiger charge is -2.09. The van der Waals surface area contributed by atoms with Gasteiger partial charge in [0.05, 0.1) is 12.2 Å². The maximum atomic E-state index is 11.5. The van der Waals surface area contributed by atoms with E-state index in [1.54, 1.807) is 24.8 Å². The smallest absolute Gasteiger partial charge is 0.163 e. The highest BCUT2D eigenvalue weighted by atomic mass is 35.5. The molecule has 0 spiro atoms. The maximum Gasteiger partial charge on any atom is 0.163 e. The highest BCUT2D eigenvalue weighted by Crippen LogP contribution is 2.22. The van der Waals surface area contributed by atoms with E-state index in [2.05, 4.69) is 0 Å². The summed E-state index contributed by atoms with van der Waals surface area (Å²) in [7, 11) is 0. The fourth-order valence-electron chi connectivity index (χ4n) is 1.73. The Morgan fingerprint density at radius 3 is 2.55 bits per heavy atom. The summed E-state index contributed by atoms with van der Waals surface area (Å²) < 4.78 is 5.68. The number of carbonyl (C=O) groups is 1. The molecular weight excluding hydrogens is 292 g/mol. The molecule has 0 atom stereocenters. The van der Waals surface area contributed by atoms with Gasteiger partial charge in [0.15, 0.2) is 5.78 Å². The normalized spacial score (nSPS) is 10.3. The van der Waals surface area contributed by atoms with Gasteiger partial charge in [0, 0.05) is 15.7 Å². The van der Waals surface area contributed by atoms with Crippen molar-refractivity contribution in [2.24, 2.45) is 0 Å². The van der Waals surface area contributed by atoms with Crippen molar-refractivity contribution in [2.75, 3.05) is 12.4 Å². The van der Waals surface area contributed by atoms with E-state index >= 15 is 0 Å². The first-order valence-corrected chi connectivity index (χ1v) is 7.64. The zero-order valence-electron chi connectivity index (χ0n) is 11.1. The Labute approximate surface area is 128 Å². The van der Waals surface area contributed by atoms with Crippen molar-refractivity contribution >= 4 is 29.1 Å². The van der Waals surface area contributed by atoms with Crippen LogP contribution in [0, 0.1) is 0 Å². The molecule has 2 aromatic carbocycles. The van der Waals surface area contributed by atoms with E-state index in [0.29, 0.717) is 17.9 Å². The molecule has 0 N–H and O–H groups in total. The molecule has 0 heterocycles. The summed E-state index contributed by atoms with van der Waals surface area (Å²) in [5.74, 6) is 1.48. The molecule has 0 saturated heterocycles. The number of hydrogen-bond donors (Lipinski definition) is 0. The molecule has 0 unspecified atom stereocenters. The van der Waals surface area contributed by atoms with Gasteiger partial charge in [-0.15, -0.1) is 11.8 Å². The third-order valence-electron chi connectivity index (χ3n) is 2.69. The average Bonchev–Trinajstić information content (AvgIpc) is 2.46. The van der Waals surface area contributed by atoms with Crippen molar-refractivity contribution in [2.45, 2.75) is 11.8 Å². The number of ketones is 1. The van der Waals surface area contributed by atoms with Crippen molar-refractivity contribution in [3.63, 3.8) is 0 Å². The molecule has 0 saturated carbocycles. The van der Waals surface area contributed by atoms with Crippen LogP contribution in [0.2, 0.25) is 5.02 Å². The van der Waals surface area contributed by atoms with Crippen molar-refractivity contribution in [3.8, 4) is 5.75 Å². The first kappa shape index (κ1) is 14.9. The Morgan fingerprint density at radius 2 is 1.85 bits per heavy atom. The summed E-state index contributed by atoms with van der Waals surface area (Å²) in [6.07, 6.45) is 0. The molecule has 0 aromatic heterocycles. The van der Waals surface area contributed by atoms with Gasteiger partial charge >= 0.3 is 0 Å². The Balaban J connectivity index is 1.84. The number of carbonyl (C=O) groups excluding carboxylic acids is 1. The summed E-state index contributed by atoms with van der Waals surface area (Å²) >= 11 is 7.53. The fourth-order valence-corrected chi connectivity index (χ4v) is 2.58. The molecule has 2 rings (SSSR count). The molecule has 0 aliphatic heterocycles. The summed E-state index contributed by atoms with van der Waals surface area (Å²) in [5, 5.41) is 0.737. The fraction of sp³-hybridized carbons (Fsp3) is 0.188. The number of hydrogen-bond acceptors (Lipinski definition) is 3. The summed E-state index contributed by atoms with van der Waals surface area (Å²) in [6.45, 7) is 2.10. The average molecular weight is 307 g/mol. The second kappa shape index (κ2) is 7.36. The number of para-hydroxylation sites is 1. The molecule has 0 amide bonds. The second-order valence-electron chi connectivity index (χ2n) is 4.20. The van der Waals surface area contributed by atoms with Gasteiger partial charge in [0.1, 0.15) is 5.75 Å². The van der Waals surface area contributed by atoms with Crippen molar-refractivity contribution in [1.29, 1.82) is 0 Å². The van der Waals surface area contributed by atoms with Crippen molar-refractivity contribution in [1.82, 2.24) is 0 Å². The zero-order valence-corrected chi connectivity index (χ0v) is 12.7. The van der Waals surface area contributed by atoms with Crippen LogP contribution in [0.15, 0.2) is 53.4 Å². The van der Waals surface area contributed by atoms with Crippen LogP contribution in [0.1, 0.15) is 17.3 Å². The summed E-state index contributed by atoms with van der Waals surface area (Å²) in [6, 6.07) is 15.0. The predicted molar refractivity (Wildman–Crippen MR) is 84.1 cm³/mol. The largest absolute Gasteiger partial charge is 0.492 e. The minimum Gasteiger partial charge on any atom is -0.492 e. The standard InChI is InChI=1S/C16H15ClO2S/c1-12(18)15-4-2-3-5-16(15)19-10-11-20-14-8-6-13(17)7-9-14/h2-9H,10-11H2,1H3. The maximum absolute atomic E-state index is 11.5. The van der Waals surface area contributed by atoms with Crippen LogP contribution in [-0.2, 0) is 0 Å². The third kappa shape index (κ3) is 4.29. The molecule has 0 fully saturated rings. The van der Waals surface area contributed by atoms with Crippen LogP contribution in [0.25, 0.3) is 0 Å². The van der Waals surface area contributed by atoms with Crippen LogP contribution in [0.3, 0.4) is 0 Å². The number of Topliss-reactive ketones (excluding diaryl/α,β-unsaturated/α-hetero) is 1. The lowest BCUT2D eigenvalue weighted by atomic mass is 10.1. The molecule has 20 heavy (non-hydrogen) atoms. The van der Waals surface area contributed by atoms with Crippen LogP contribution in [0.4, 0.5) is 0 Å². The van der Waals surface area contributed by atoms with E-state index in [-0.39, 0.29) is 5.78 Å². The van der Waals surface area contributed by atoms with Crippen LogP contribution in [-0.4, -0.2) is 18.1 Å². The van der Waals surface area contributed by atoms with E-state index in [9.17, 15) is 4.79 Å². The van der Waals surface area contributed by atoms with Gasteiger partial charge in [-0.25, -0.2) is 0 Å². The monoisotopic (exact) mass is 306 g/mol. The molecule has 2 aromatic rings. The minimum atomic E-state index is 0.0194. The van der Waals surface area contributed by atoms with Gasteiger partial charge in [0.2, 0.25) is 0 Å². The Kier molecular flexibility index (Phi) is 5.50. The number of ether oxygens (including phenoxy) is 1. The first-order chi connectivity index (χ1) is 9.66. The van der Waals surface area contributed by atoms with E-state index in [4.69, 9.17) is 16.3 Å². The molecule has 2 nitrogen and oxygen atoms in total. The number of benzene rings is 2. The highest BCUT2D eigenvalue weighted by molar-refractivity contribution is 7.99. The Morgan fingerprint density at radius 1 is 1.15 bits per heavy atom.